The predicted octanol–water partition coefficient (Wildman–Crippen LogP) is 2.66. The number of nitrogens with zero attached hydrogens (tertiary/aromatic N) is 2. The Kier molecular flexibility index (Phi) is 3.38. The predicted molar refractivity (Wildman–Crippen MR) is 68.1 cm³/mol. The van der Waals surface area contributed by atoms with Crippen LogP contribution in [0.3, 0.4) is 0 Å². The SMILES string of the molecule is CCC(=O)c1ccc(OC)n2nc(SC)cc12. The standard InChI is InChI=1S/C12H14N2O2S/c1-4-10(15)8-5-6-12(16-2)14-9(8)7-11(13-14)17-3/h5-7H,4H2,1-3H3. The van der Waals surface area contributed by atoms with E-state index in [-0.39, 0.29) is 5.78 Å². The molecule has 5 heteroatoms. The molecule has 0 unspecified atom stereocenters. The number of hydrogen-bond acceptors (Lipinski definition) is 4. The molecule has 2 rings (SSSR count). The lowest BCUT2D eigenvalue weighted by atomic mass is 10.1. The molecular formula is C12H14N2O2S. The zero-order valence-corrected chi connectivity index (χ0v) is 10.9. The van der Waals surface area contributed by atoms with E-state index in [1.54, 1.807) is 35.5 Å². The minimum absolute atomic E-state index is 0.116. The van der Waals surface area contributed by atoms with Crippen LogP contribution in [0, 0.1) is 0 Å². The molecule has 0 aromatic carbocycles. The van der Waals surface area contributed by atoms with Crippen molar-refractivity contribution in [2.24, 2.45) is 0 Å². The molecule has 90 valence electrons. The van der Waals surface area contributed by atoms with Gasteiger partial charge in [-0.3, -0.25) is 4.79 Å². The van der Waals surface area contributed by atoms with Crippen LogP contribution < -0.4 is 4.74 Å². The third-order valence-corrected chi connectivity index (χ3v) is 3.22. The van der Waals surface area contributed by atoms with E-state index in [4.69, 9.17) is 4.74 Å². The molecule has 0 radical (unpaired) electrons. The maximum absolute atomic E-state index is 11.8. The van der Waals surface area contributed by atoms with Gasteiger partial charge < -0.3 is 4.74 Å². The number of fused-ring (bicyclic) bond motifs is 1. The van der Waals surface area contributed by atoms with Gasteiger partial charge in [-0.05, 0) is 18.4 Å². The molecule has 0 atom stereocenters. The van der Waals surface area contributed by atoms with Crippen molar-refractivity contribution >= 4 is 23.1 Å². The molecule has 4 nitrogen and oxygen atoms in total. The third kappa shape index (κ3) is 2.02. The van der Waals surface area contributed by atoms with E-state index in [0.29, 0.717) is 17.9 Å². The lowest BCUT2D eigenvalue weighted by molar-refractivity contribution is 0.0989. The Labute approximate surface area is 104 Å². The summed E-state index contributed by atoms with van der Waals surface area (Å²) in [7, 11) is 1.59. The number of rotatable bonds is 4. The van der Waals surface area contributed by atoms with Gasteiger partial charge in [-0.25, -0.2) is 0 Å². The molecule has 0 fully saturated rings. The first-order valence-corrected chi connectivity index (χ1v) is 6.57. The molecular weight excluding hydrogens is 236 g/mol. The monoisotopic (exact) mass is 250 g/mol. The summed E-state index contributed by atoms with van der Waals surface area (Å²) >= 11 is 1.54. The van der Waals surface area contributed by atoms with Crippen LogP contribution >= 0.6 is 11.8 Å². The number of carbonyl (C=O) groups excluding carboxylic acids is 1. The molecule has 0 N–H and O–H groups in total. The van der Waals surface area contributed by atoms with E-state index in [1.165, 1.54) is 0 Å². The largest absolute Gasteiger partial charge is 0.481 e. The molecule has 0 amide bonds. The normalized spacial score (nSPS) is 10.8. The number of methoxy groups -OCH3 is 1. The second-order valence-electron chi connectivity index (χ2n) is 3.55. The van der Waals surface area contributed by atoms with Crippen molar-refractivity contribution in [3.05, 3.63) is 23.8 Å². The number of ether oxygens (including phenoxy) is 1. The lowest BCUT2D eigenvalue weighted by Crippen LogP contribution is -2.03. The molecule has 0 saturated heterocycles. The minimum atomic E-state index is 0.116. The number of ketones is 1. The van der Waals surface area contributed by atoms with Gasteiger partial charge in [0.15, 0.2) is 5.78 Å². The topological polar surface area (TPSA) is 43.6 Å². The van der Waals surface area contributed by atoms with Crippen molar-refractivity contribution in [3.63, 3.8) is 0 Å². The van der Waals surface area contributed by atoms with Gasteiger partial charge in [0.1, 0.15) is 5.03 Å². The zero-order valence-electron chi connectivity index (χ0n) is 10.1. The van der Waals surface area contributed by atoms with Crippen molar-refractivity contribution in [1.82, 2.24) is 9.61 Å². The summed E-state index contributed by atoms with van der Waals surface area (Å²) in [4.78, 5) is 11.8. The van der Waals surface area contributed by atoms with Crippen molar-refractivity contribution in [2.45, 2.75) is 18.4 Å². The van der Waals surface area contributed by atoms with Crippen LogP contribution in [-0.2, 0) is 0 Å². The first kappa shape index (κ1) is 12.0. The van der Waals surface area contributed by atoms with Crippen LogP contribution in [-0.4, -0.2) is 28.8 Å². The average Bonchev–Trinajstić information content (AvgIpc) is 2.80. The quantitative estimate of drug-likeness (QED) is 0.618. The van der Waals surface area contributed by atoms with Crippen LogP contribution in [0.25, 0.3) is 5.52 Å². The van der Waals surface area contributed by atoms with Crippen LogP contribution in [0.4, 0.5) is 0 Å². The molecule has 0 aliphatic rings. The molecule has 17 heavy (non-hydrogen) atoms. The first-order chi connectivity index (χ1) is 8.21. The van der Waals surface area contributed by atoms with Crippen molar-refractivity contribution in [3.8, 4) is 5.88 Å². The summed E-state index contributed by atoms with van der Waals surface area (Å²) in [5, 5.41) is 5.26. The van der Waals surface area contributed by atoms with Crippen LogP contribution in [0.15, 0.2) is 23.2 Å². The summed E-state index contributed by atoms with van der Waals surface area (Å²) in [6, 6.07) is 5.48. The number of aromatic nitrogens is 2. The fourth-order valence-corrected chi connectivity index (χ4v) is 2.10. The summed E-state index contributed by atoms with van der Waals surface area (Å²) < 4.78 is 6.91. The van der Waals surface area contributed by atoms with Gasteiger partial charge in [-0.15, -0.1) is 11.8 Å². The second-order valence-corrected chi connectivity index (χ2v) is 4.38. The maximum atomic E-state index is 11.8. The Morgan fingerprint density at radius 3 is 2.88 bits per heavy atom. The van der Waals surface area contributed by atoms with Gasteiger partial charge in [0.25, 0.3) is 0 Å². The van der Waals surface area contributed by atoms with Gasteiger partial charge in [0.05, 0.1) is 12.6 Å². The molecule has 2 heterocycles. The Morgan fingerprint density at radius 1 is 1.53 bits per heavy atom. The highest BCUT2D eigenvalue weighted by Gasteiger charge is 2.14. The van der Waals surface area contributed by atoms with E-state index >= 15 is 0 Å². The fraction of sp³-hybridized carbons (Fsp3) is 0.333. The fourth-order valence-electron chi connectivity index (χ4n) is 1.71. The lowest BCUT2D eigenvalue weighted by Gasteiger charge is -2.06. The van der Waals surface area contributed by atoms with E-state index in [0.717, 1.165) is 10.5 Å². The molecule has 2 aromatic rings. The van der Waals surface area contributed by atoms with Crippen molar-refractivity contribution < 1.29 is 9.53 Å². The van der Waals surface area contributed by atoms with Crippen LogP contribution in [0.2, 0.25) is 0 Å². The highest BCUT2D eigenvalue weighted by molar-refractivity contribution is 7.98. The number of hydrogen-bond donors (Lipinski definition) is 0. The van der Waals surface area contributed by atoms with Crippen molar-refractivity contribution in [1.29, 1.82) is 0 Å². The second kappa shape index (κ2) is 4.79. The molecule has 0 saturated carbocycles. The van der Waals surface area contributed by atoms with Gasteiger partial charge in [-0.2, -0.15) is 9.61 Å². The Hall–Kier alpha value is -1.49. The molecule has 0 aliphatic heterocycles. The van der Waals surface area contributed by atoms with E-state index in [1.807, 2.05) is 19.2 Å². The number of carbonyl (C=O) groups is 1. The van der Waals surface area contributed by atoms with Crippen LogP contribution in [0.1, 0.15) is 23.7 Å². The highest BCUT2D eigenvalue weighted by Crippen LogP contribution is 2.24. The van der Waals surface area contributed by atoms with E-state index < -0.39 is 0 Å². The third-order valence-electron chi connectivity index (χ3n) is 2.60. The smallest absolute Gasteiger partial charge is 0.214 e. The Balaban J connectivity index is 2.71. The summed E-state index contributed by atoms with van der Waals surface area (Å²) in [5.74, 6) is 0.748. The summed E-state index contributed by atoms with van der Waals surface area (Å²) in [6.45, 7) is 1.86. The zero-order chi connectivity index (χ0) is 12.4. The van der Waals surface area contributed by atoms with Crippen LogP contribution in [0.5, 0.6) is 5.88 Å². The van der Waals surface area contributed by atoms with E-state index in [2.05, 4.69) is 5.10 Å². The molecule has 0 bridgehead atoms. The maximum Gasteiger partial charge on any atom is 0.214 e. The Morgan fingerprint density at radius 2 is 2.29 bits per heavy atom. The van der Waals surface area contributed by atoms with E-state index in [9.17, 15) is 4.79 Å². The number of thioether (sulfide) groups is 1. The van der Waals surface area contributed by atoms with Gasteiger partial charge in [0.2, 0.25) is 5.88 Å². The Bertz CT molecular complexity index is 563. The summed E-state index contributed by atoms with van der Waals surface area (Å²) in [5.41, 5.74) is 1.50. The molecule has 0 spiro atoms. The highest BCUT2D eigenvalue weighted by atomic mass is 32.2. The van der Waals surface area contributed by atoms with Gasteiger partial charge >= 0.3 is 0 Å². The average molecular weight is 250 g/mol. The van der Waals surface area contributed by atoms with Crippen molar-refractivity contribution in [2.75, 3.05) is 13.4 Å². The minimum Gasteiger partial charge on any atom is -0.481 e. The van der Waals surface area contributed by atoms with Gasteiger partial charge in [-0.1, -0.05) is 6.92 Å². The molecule has 0 aliphatic carbocycles. The first-order valence-electron chi connectivity index (χ1n) is 5.35. The summed E-state index contributed by atoms with van der Waals surface area (Å²) in [6.07, 6.45) is 2.44. The molecule has 2 aromatic heterocycles. The van der Waals surface area contributed by atoms with Gasteiger partial charge in [0, 0.05) is 18.1 Å². The number of Topliss-reactive ketones (excluding diaryl/α,β-unsaturated/α-hetero) is 1. The number of pyridine rings is 1.